The fourth-order valence-electron chi connectivity index (χ4n) is 6.03. The summed E-state index contributed by atoms with van der Waals surface area (Å²) in [6.45, 7) is 2.58. The quantitative estimate of drug-likeness (QED) is 0.635. The molecule has 4 nitrogen and oxygen atoms in total. The minimum Gasteiger partial charge on any atom is -0.342 e. The van der Waals surface area contributed by atoms with Gasteiger partial charge in [-0.2, -0.15) is 0 Å². The van der Waals surface area contributed by atoms with Crippen molar-refractivity contribution in [3.63, 3.8) is 0 Å². The zero-order valence-corrected chi connectivity index (χ0v) is 18.3. The Labute approximate surface area is 175 Å². The van der Waals surface area contributed by atoms with Crippen LogP contribution in [0.5, 0.6) is 0 Å². The number of carbonyl (C=O) groups is 2. The molecule has 0 aromatic heterocycles. The molecule has 1 spiro atoms. The van der Waals surface area contributed by atoms with Crippen LogP contribution in [0.25, 0.3) is 0 Å². The van der Waals surface area contributed by atoms with Crippen LogP contribution in [0.4, 0.5) is 0 Å². The highest BCUT2D eigenvalue weighted by atomic mass is 32.2. The zero-order valence-electron chi connectivity index (χ0n) is 17.5. The van der Waals surface area contributed by atoms with Gasteiger partial charge in [0.25, 0.3) is 0 Å². The van der Waals surface area contributed by atoms with Crippen molar-refractivity contribution >= 4 is 23.6 Å². The van der Waals surface area contributed by atoms with Gasteiger partial charge < -0.3 is 9.80 Å². The van der Waals surface area contributed by atoms with E-state index in [2.05, 4.69) is 9.80 Å². The predicted octanol–water partition coefficient (Wildman–Crippen LogP) is 4.82. The maximum Gasteiger partial charge on any atom is 0.223 e. The summed E-state index contributed by atoms with van der Waals surface area (Å²) in [5, 5.41) is 0. The van der Waals surface area contributed by atoms with Gasteiger partial charge >= 0.3 is 0 Å². The highest BCUT2D eigenvalue weighted by Crippen LogP contribution is 2.44. The molecule has 0 bridgehead atoms. The average Bonchev–Trinajstić information content (AvgIpc) is 3.47. The van der Waals surface area contributed by atoms with Crippen molar-refractivity contribution in [3.05, 3.63) is 0 Å². The molecular formula is C23H38N2O2S. The normalized spacial score (nSPS) is 25.9. The summed E-state index contributed by atoms with van der Waals surface area (Å²) >= 11 is 1.97. The van der Waals surface area contributed by atoms with E-state index in [-0.39, 0.29) is 4.87 Å². The van der Waals surface area contributed by atoms with E-state index in [1.807, 2.05) is 11.8 Å². The van der Waals surface area contributed by atoms with Gasteiger partial charge in [0.1, 0.15) is 0 Å². The molecule has 2 aliphatic heterocycles. The summed E-state index contributed by atoms with van der Waals surface area (Å²) in [5.74, 6) is 3.36. The Bertz CT molecular complexity index is 547. The van der Waals surface area contributed by atoms with Crippen LogP contribution < -0.4 is 0 Å². The average molecular weight is 407 g/mol. The molecule has 2 amide bonds. The molecule has 2 saturated carbocycles. The van der Waals surface area contributed by atoms with Crippen molar-refractivity contribution in [2.75, 3.05) is 25.4 Å². The third-order valence-electron chi connectivity index (χ3n) is 7.86. The molecule has 0 N–H and O–H groups in total. The highest BCUT2D eigenvalue weighted by molar-refractivity contribution is 8.00. The van der Waals surface area contributed by atoms with Crippen LogP contribution in [-0.2, 0) is 9.59 Å². The van der Waals surface area contributed by atoms with Crippen molar-refractivity contribution in [2.45, 2.75) is 94.8 Å². The zero-order chi connectivity index (χ0) is 19.4. The number of carbonyl (C=O) groups excluding carboxylic acids is 2. The van der Waals surface area contributed by atoms with Gasteiger partial charge in [0.05, 0.1) is 4.87 Å². The molecular weight excluding hydrogens is 368 g/mol. The number of hydrogen-bond donors (Lipinski definition) is 0. The number of amides is 2. The van der Waals surface area contributed by atoms with Gasteiger partial charge in [-0.05, 0) is 37.5 Å². The predicted molar refractivity (Wildman–Crippen MR) is 115 cm³/mol. The first-order chi connectivity index (χ1) is 13.7. The van der Waals surface area contributed by atoms with E-state index in [1.54, 1.807) is 0 Å². The van der Waals surface area contributed by atoms with E-state index in [0.29, 0.717) is 11.8 Å². The molecule has 4 aliphatic rings. The second kappa shape index (κ2) is 9.40. The van der Waals surface area contributed by atoms with E-state index in [1.165, 1.54) is 51.4 Å². The molecule has 0 unspecified atom stereocenters. The van der Waals surface area contributed by atoms with Crippen molar-refractivity contribution in [2.24, 2.45) is 11.8 Å². The Kier molecular flexibility index (Phi) is 6.90. The molecule has 0 aromatic carbocycles. The van der Waals surface area contributed by atoms with Gasteiger partial charge in [0, 0.05) is 38.2 Å². The van der Waals surface area contributed by atoms with E-state index in [0.717, 1.165) is 75.7 Å². The Hall–Kier alpha value is -0.710. The van der Waals surface area contributed by atoms with E-state index < -0.39 is 0 Å². The lowest BCUT2D eigenvalue weighted by Gasteiger charge is -2.44. The van der Waals surface area contributed by atoms with Crippen molar-refractivity contribution in [1.29, 1.82) is 0 Å². The highest BCUT2D eigenvalue weighted by Gasteiger charge is 2.46. The second-order valence-corrected chi connectivity index (χ2v) is 11.1. The first-order valence-corrected chi connectivity index (χ1v) is 12.9. The molecule has 2 heterocycles. The molecule has 0 radical (unpaired) electrons. The summed E-state index contributed by atoms with van der Waals surface area (Å²) in [4.78, 5) is 29.9. The van der Waals surface area contributed by atoms with Gasteiger partial charge in [0.15, 0.2) is 0 Å². The lowest BCUT2D eigenvalue weighted by molar-refractivity contribution is -0.137. The van der Waals surface area contributed by atoms with Crippen molar-refractivity contribution < 1.29 is 9.59 Å². The minimum absolute atomic E-state index is 0.0189. The van der Waals surface area contributed by atoms with Crippen LogP contribution in [0.1, 0.15) is 89.9 Å². The Balaban J connectivity index is 1.24. The van der Waals surface area contributed by atoms with E-state index >= 15 is 0 Å². The van der Waals surface area contributed by atoms with Gasteiger partial charge in [-0.15, -0.1) is 11.8 Å². The smallest absolute Gasteiger partial charge is 0.223 e. The molecule has 4 fully saturated rings. The Morgan fingerprint density at radius 3 is 1.89 bits per heavy atom. The van der Waals surface area contributed by atoms with Gasteiger partial charge in [0.2, 0.25) is 11.8 Å². The van der Waals surface area contributed by atoms with Crippen LogP contribution in [0.3, 0.4) is 0 Å². The maximum atomic E-state index is 13.0. The van der Waals surface area contributed by atoms with Crippen LogP contribution in [0.2, 0.25) is 0 Å². The van der Waals surface area contributed by atoms with Crippen LogP contribution in [0.15, 0.2) is 0 Å². The molecule has 28 heavy (non-hydrogen) atoms. The van der Waals surface area contributed by atoms with E-state index in [4.69, 9.17) is 0 Å². The molecule has 2 saturated heterocycles. The third kappa shape index (κ3) is 4.71. The van der Waals surface area contributed by atoms with Gasteiger partial charge in [-0.25, -0.2) is 0 Å². The summed E-state index contributed by atoms with van der Waals surface area (Å²) in [6, 6.07) is 0. The first-order valence-electron chi connectivity index (χ1n) is 11.9. The van der Waals surface area contributed by atoms with Crippen LogP contribution in [0, 0.1) is 11.8 Å². The third-order valence-corrected chi connectivity index (χ3v) is 9.41. The second-order valence-electron chi connectivity index (χ2n) is 9.60. The maximum absolute atomic E-state index is 13.0. The number of nitrogens with zero attached hydrogens (tertiary/aromatic N) is 2. The minimum atomic E-state index is -0.0189. The fourth-order valence-corrected chi connectivity index (χ4v) is 7.50. The summed E-state index contributed by atoms with van der Waals surface area (Å²) in [5.41, 5.74) is 0. The standard InChI is InChI=1S/C23H38N2O2S/c26-21(11-9-19-5-1-2-6-19)24-15-13-23(14-16-24)25(17-18-28-23)22(27)12-10-20-7-3-4-8-20/h19-20H,1-18H2. The molecule has 158 valence electrons. The summed E-state index contributed by atoms with van der Waals surface area (Å²) in [7, 11) is 0. The number of likely N-dealkylation sites (tertiary alicyclic amines) is 1. The topological polar surface area (TPSA) is 40.6 Å². The van der Waals surface area contributed by atoms with Crippen molar-refractivity contribution in [1.82, 2.24) is 9.80 Å². The Morgan fingerprint density at radius 1 is 0.786 bits per heavy atom. The lowest BCUT2D eigenvalue weighted by Crippen LogP contribution is -2.53. The molecule has 4 rings (SSSR count). The molecule has 0 atom stereocenters. The number of piperidine rings is 1. The summed E-state index contributed by atoms with van der Waals surface area (Å²) in [6.07, 6.45) is 16.3. The Morgan fingerprint density at radius 2 is 1.32 bits per heavy atom. The lowest BCUT2D eigenvalue weighted by atomic mass is 9.97. The fraction of sp³-hybridized carbons (Fsp3) is 0.913. The monoisotopic (exact) mass is 406 g/mol. The number of thioether (sulfide) groups is 1. The molecule has 0 aromatic rings. The van der Waals surface area contributed by atoms with Crippen LogP contribution in [-0.4, -0.2) is 51.9 Å². The molecule has 5 heteroatoms. The SMILES string of the molecule is O=C(CCC1CCCC1)N1CCC2(CC1)SCCN2C(=O)CCC1CCCC1. The van der Waals surface area contributed by atoms with Gasteiger partial charge in [-0.3, -0.25) is 9.59 Å². The molecule has 2 aliphatic carbocycles. The van der Waals surface area contributed by atoms with Gasteiger partial charge in [-0.1, -0.05) is 51.4 Å². The van der Waals surface area contributed by atoms with Crippen molar-refractivity contribution in [3.8, 4) is 0 Å². The largest absolute Gasteiger partial charge is 0.342 e. The number of rotatable bonds is 6. The van der Waals surface area contributed by atoms with Crippen LogP contribution >= 0.6 is 11.8 Å². The number of hydrogen-bond acceptors (Lipinski definition) is 3. The first kappa shape index (κ1) is 20.6. The summed E-state index contributed by atoms with van der Waals surface area (Å²) < 4.78 is 0. The van der Waals surface area contributed by atoms with E-state index in [9.17, 15) is 9.59 Å².